The fraction of sp³-hybridized carbons (Fsp3) is 0.222. The van der Waals surface area contributed by atoms with Crippen LogP contribution in [0.4, 0.5) is 5.69 Å². The molecule has 0 radical (unpaired) electrons. The summed E-state index contributed by atoms with van der Waals surface area (Å²) in [5.74, 6) is -1.61. The normalized spacial score (nSPS) is 20.3. The van der Waals surface area contributed by atoms with Gasteiger partial charge >= 0.3 is 0 Å². The number of fused-ring (bicyclic) bond motifs is 1. The predicted octanol–water partition coefficient (Wildman–Crippen LogP) is 5.04. The number of nitrogens with one attached hydrogen (secondary N) is 1. The molecule has 0 unspecified atom stereocenters. The maximum Gasteiger partial charge on any atom is 0.268 e. The highest BCUT2D eigenvalue weighted by Crippen LogP contribution is 2.49. The monoisotopic (exact) mass is 633 g/mol. The number of hydrogen-bond acceptors (Lipinski definition) is 7. The number of halogens is 3. The van der Waals surface area contributed by atoms with Crippen LogP contribution in [-0.2, 0) is 9.59 Å². The van der Waals surface area contributed by atoms with Crippen molar-refractivity contribution in [3.05, 3.63) is 80.2 Å². The Bertz CT molecular complexity index is 1500. The lowest BCUT2D eigenvalue weighted by Crippen LogP contribution is -2.48. The van der Waals surface area contributed by atoms with Gasteiger partial charge in [0.1, 0.15) is 6.04 Å². The largest absolute Gasteiger partial charge is 0.493 e. The molecule has 2 aliphatic rings. The van der Waals surface area contributed by atoms with Crippen molar-refractivity contribution in [1.29, 1.82) is 0 Å². The first-order valence-corrected chi connectivity index (χ1v) is 13.2. The number of hydrogen-bond donors (Lipinski definition) is 1. The van der Waals surface area contributed by atoms with Gasteiger partial charge in [0.2, 0.25) is 11.7 Å². The van der Waals surface area contributed by atoms with Crippen molar-refractivity contribution in [2.75, 3.05) is 26.2 Å². The second kappa shape index (κ2) is 10.7. The second-order valence-electron chi connectivity index (χ2n) is 8.79. The van der Waals surface area contributed by atoms with E-state index in [1.807, 2.05) is 0 Å². The Morgan fingerprint density at radius 2 is 1.67 bits per heavy atom. The fourth-order valence-corrected chi connectivity index (χ4v) is 5.96. The highest BCUT2D eigenvalue weighted by molar-refractivity contribution is 9.10. The van der Waals surface area contributed by atoms with Gasteiger partial charge < -0.3 is 14.2 Å². The van der Waals surface area contributed by atoms with Crippen molar-refractivity contribution >= 4 is 62.5 Å². The Labute approximate surface area is 242 Å². The van der Waals surface area contributed by atoms with Crippen molar-refractivity contribution in [2.24, 2.45) is 5.92 Å². The molecule has 39 heavy (non-hydrogen) atoms. The minimum atomic E-state index is -1.17. The van der Waals surface area contributed by atoms with Crippen molar-refractivity contribution in [3.63, 3.8) is 0 Å². The van der Waals surface area contributed by atoms with Gasteiger partial charge in [-0.3, -0.25) is 19.4 Å². The van der Waals surface area contributed by atoms with Crippen LogP contribution in [0.2, 0.25) is 10.0 Å². The van der Waals surface area contributed by atoms with E-state index >= 15 is 0 Å². The van der Waals surface area contributed by atoms with Gasteiger partial charge in [-0.25, -0.2) is 10.3 Å². The lowest BCUT2D eigenvalue weighted by atomic mass is 9.90. The number of benzene rings is 3. The molecule has 0 aliphatic carbocycles. The van der Waals surface area contributed by atoms with Crippen LogP contribution in [-0.4, -0.2) is 50.1 Å². The summed E-state index contributed by atoms with van der Waals surface area (Å²) in [6.07, 6.45) is 0. The predicted molar refractivity (Wildman–Crippen MR) is 149 cm³/mol. The molecule has 9 nitrogen and oxygen atoms in total. The van der Waals surface area contributed by atoms with Crippen LogP contribution in [0.3, 0.4) is 0 Å². The molecule has 3 aromatic carbocycles. The molecule has 1 N–H and O–H groups in total. The number of carbonyl (C=O) groups is 3. The molecule has 0 bridgehead atoms. The number of amides is 3. The molecule has 0 saturated carbocycles. The third-order valence-corrected chi connectivity index (χ3v) is 7.78. The maximum absolute atomic E-state index is 14.0. The van der Waals surface area contributed by atoms with E-state index in [1.165, 1.54) is 44.5 Å². The average Bonchev–Trinajstić information content (AvgIpc) is 3.43. The molecule has 2 aliphatic heterocycles. The standard InChI is InChI=1S/C27H22BrCl2N3O6/c1-37-19-10-8-16(23(38-2)24(19)39-3)21-20-22(33(31-21)25(34)13-5-4-6-14(28)11-13)27(36)32(26(20)35)18-9-7-15(29)12-17(18)30/h4-12,20-22,31H,1-3H3/t20-,21+,22+/m1/s1. The van der Waals surface area contributed by atoms with Crippen LogP contribution in [0, 0.1) is 5.92 Å². The van der Waals surface area contributed by atoms with Gasteiger partial charge in [-0.05, 0) is 48.5 Å². The van der Waals surface area contributed by atoms with E-state index in [0.29, 0.717) is 37.9 Å². The van der Waals surface area contributed by atoms with E-state index in [1.54, 1.807) is 36.4 Å². The van der Waals surface area contributed by atoms with Gasteiger partial charge in [0, 0.05) is 20.6 Å². The molecule has 202 valence electrons. The number of carbonyl (C=O) groups excluding carboxylic acids is 3. The Hall–Kier alpha value is -3.31. The van der Waals surface area contributed by atoms with Crippen LogP contribution in [0.25, 0.3) is 0 Å². The smallest absolute Gasteiger partial charge is 0.268 e. The Kier molecular flexibility index (Phi) is 7.47. The van der Waals surface area contributed by atoms with E-state index in [9.17, 15) is 14.4 Å². The molecule has 5 rings (SSSR count). The first-order chi connectivity index (χ1) is 18.7. The van der Waals surface area contributed by atoms with E-state index in [0.717, 1.165) is 4.90 Å². The summed E-state index contributed by atoms with van der Waals surface area (Å²) < 4.78 is 17.3. The first kappa shape index (κ1) is 27.3. The maximum atomic E-state index is 14.0. The van der Waals surface area contributed by atoms with Crippen molar-refractivity contribution in [2.45, 2.75) is 12.1 Å². The van der Waals surface area contributed by atoms with Gasteiger partial charge in [-0.15, -0.1) is 0 Å². The van der Waals surface area contributed by atoms with Crippen LogP contribution in [0.15, 0.2) is 59.1 Å². The zero-order valence-corrected chi connectivity index (χ0v) is 24.0. The number of imide groups is 1. The second-order valence-corrected chi connectivity index (χ2v) is 10.6. The van der Waals surface area contributed by atoms with Crippen molar-refractivity contribution < 1.29 is 28.6 Å². The Balaban J connectivity index is 1.66. The van der Waals surface area contributed by atoms with Gasteiger partial charge in [0.15, 0.2) is 11.5 Å². The van der Waals surface area contributed by atoms with Gasteiger partial charge in [-0.1, -0.05) is 45.2 Å². The summed E-state index contributed by atoms with van der Waals surface area (Å²) in [6.45, 7) is 0. The van der Waals surface area contributed by atoms with E-state index in [-0.39, 0.29) is 10.7 Å². The molecule has 12 heteroatoms. The molecule has 3 amide bonds. The summed E-state index contributed by atoms with van der Waals surface area (Å²) in [6, 6.07) is 12.6. The minimum Gasteiger partial charge on any atom is -0.493 e. The van der Waals surface area contributed by atoms with Crippen LogP contribution in [0.1, 0.15) is 22.0 Å². The summed E-state index contributed by atoms with van der Waals surface area (Å²) in [7, 11) is 4.41. The van der Waals surface area contributed by atoms with E-state index < -0.39 is 35.7 Å². The molecular formula is C27H22BrCl2N3O6. The number of rotatable bonds is 6. The number of methoxy groups -OCH3 is 3. The number of nitrogens with zero attached hydrogens (tertiary/aromatic N) is 2. The van der Waals surface area contributed by atoms with Crippen LogP contribution in [0.5, 0.6) is 17.2 Å². The molecule has 3 aromatic rings. The van der Waals surface area contributed by atoms with E-state index in [2.05, 4.69) is 21.4 Å². The summed E-state index contributed by atoms with van der Waals surface area (Å²) in [5, 5.41) is 1.68. The number of anilines is 1. The SMILES string of the molecule is COc1ccc([C@@H]2NN(C(=O)c3cccc(Br)c3)[C@@H]3C(=O)N(c4ccc(Cl)cc4Cl)C(=O)[C@@H]32)c(OC)c1OC. The zero-order valence-electron chi connectivity index (χ0n) is 20.9. The fourth-order valence-electron chi connectivity index (χ4n) is 5.06. The third kappa shape index (κ3) is 4.51. The highest BCUT2D eigenvalue weighted by atomic mass is 79.9. The van der Waals surface area contributed by atoms with Crippen molar-refractivity contribution in [3.8, 4) is 17.2 Å². The Morgan fingerprint density at radius 3 is 2.31 bits per heavy atom. The molecular weight excluding hydrogens is 613 g/mol. The van der Waals surface area contributed by atoms with Gasteiger partial charge in [0.05, 0.1) is 44.0 Å². The van der Waals surface area contributed by atoms with Crippen molar-refractivity contribution in [1.82, 2.24) is 10.4 Å². The molecule has 2 heterocycles. The third-order valence-electron chi connectivity index (χ3n) is 6.75. The molecule has 2 saturated heterocycles. The molecule has 0 spiro atoms. The van der Waals surface area contributed by atoms with Gasteiger partial charge in [-0.2, -0.15) is 0 Å². The van der Waals surface area contributed by atoms with Crippen LogP contribution >= 0.6 is 39.1 Å². The number of hydrazine groups is 1. The molecule has 0 aromatic heterocycles. The summed E-state index contributed by atoms with van der Waals surface area (Å²) in [4.78, 5) is 42.6. The van der Waals surface area contributed by atoms with E-state index in [4.69, 9.17) is 37.4 Å². The number of ether oxygens (including phenoxy) is 3. The summed E-state index contributed by atoms with van der Waals surface area (Å²) >= 11 is 15.8. The topological polar surface area (TPSA) is 97.4 Å². The lowest BCUT2D eigenvalue weighted by molar-refractivity contribution is -0.123. The zero-order chi connectivity index (χ0) is 28.0. The lowest BCUT2D eigenvalue weighted by Gasteiger charge is -2.26. The highest BCUT2D eigenvalue weighted by Gasteiger charge is 2.61. The minimum absolute atomic E-state index is 0.127. The average molecular weight is 635 g/mol. The quantitative estimate of drug-likeness (QED) is 0.380. The molecule has 3 atom stereocenters. The molecule has 2 fully saturated rings. The first-order valence-electron chi connectivity index (χ1n) is 11.7. The van der Waals surface area contributed by atoms with Crippen LogP contribution < -0.4 is 24.5 Å². The van der Waals surface area contributed by atoms with Gasteiger partial charge in [0.25, 0.3) is 11.8 Å². The Morgan fingerprint density at radius 1 is 0.923 bits per heavy atom. The summed E-state index contributed by atoms with van der Waals surface area (Å²) in [5.41, 5.74) is 4.11.